The maximum Gasteiger partial charge on any atom is 0.250 e. The summed E-state index contributed by atoms with van der Waals surface area (Å²) >= 11 is 0. The van der Waals surface area contributed by atoms with Crippen molar-refractivity contribution in [2.24, 2.45) is 0 Å². The number of aromatic nitrogens is 2. The Hall–Kier alpha value is -1.71. The van der Waals surface area contributed by atoms with Crippen LogP contribution in [-0.4, -0.2) is 15.9 Å². The molecule has 14 heavy (non-hydrogen) atoms. The molecule has 1 N–H and O–H groups in total. The first kappa shape index (κ1) is 10.4. The van der Waals surface area contributed by atoms with Gasteiger partial charge in [-0.1, -0.05) is 20.4 Å². The fraction of sp³-hybridized carbons (Fsp3) is 0.300. The minimum absolute atomic E-state index is 0.303. The fourth-order valence-electron chi connectivity index (χ4n) is 0.862. The second-order valence-electron chi connectivity index (χ2n) is 3.19. The van der Waals surface area contributed by atoms with Gasteiger partial charge in [0.05, 0.1) is 0 Å². The van der Waals surface area contributed by atoms with Crippen molar-refractivity contribution in [3.8, 4) is 0 Å². The normalized spacial score (nSPS) is 9.93. The van der Waals surface area contributed by atoms with Crippen molar-refractivity contribution in [1.82, 2.24) is 9.97 Å². The largest absolute Gasteiger partial charge is 0.291 e. The molecule has 0 fully saturated rings. The second kappa shape index (κ2) is 4.50. The molecular formula is C10H13N3O. The van der Waals surface area contributed by atoms with Crippen LogP contribution in [0.3, 0.4) is 0 Å². The van der Waals surface area contributed by atoms with Crippen LogP contribution in [0.15, 0.2) is 25.0 Å². The monoisotopic (exact) mass is 191 g/mol. The average Bonchev–Trinajstić information content (AvgIpc) is 2.18. The van der Waals surface area contributed by atoms with Crippen molar-refractivity contribution < 1.29 is 4.79 Å². The number of hydrogen-bond donors (Lipinski definition) is 1. The van der Waals surface area contributed by atoms with E-state index in [0.29, 0.717) is 11.9 Å². The molecule has 0 aliphatic heterocycles. The van der Waals surface area contributed by atoms with Gasteiger partial charge in [0, 0.05) is 12.4 Å². The molecule has 1 aromatic rings. The first-order valence-corrected chi connectivity index (χ1v) is 4.39. The summed E-state index contributed by atoms with van der Waals surface area (Å²) in [6, 6.07) is 0. The molecule has 1 amide bonds. The molecule has 0 saturated heterocycles. The molecule has 0 saturated carbocycles. The van der Waals surface area contributed by atoms with Crippen LogP contribution in [-0.2, 0) is 4.79 Å². The number of carbonyl (C=O) groups is 1. The molecule has 0 bridgehead atoms. The summed E-state index contributed by atoms with van der Waals surface area (Å²) in [5.74, 6) is 0.390. The summed E-state index contributed by atoms with van der Waals surface area (Å²) in [7, 11) is 0. The molecule has 4 heteroatoms. The first-order valence-electron chi connectivity index (χ1n) is 4.39. The topological polar surface area (TPSA) is 54.9 Å². The van der Waals surface area contributed by atoms with Gasteiger partial charge in [-0.2, -0.15) is 0 Å². The predicted octanol–water partition coefficient (Wildman–Crippen LogP) is 1.72. The molecule has 1 heterocycles. The zero-order chi connectivity index (χ0) is 10.6. The molecule has 0 atom stereocenters. The van der Waals surface area contributed by atoms with Crippen LogP contribution in [0.4, 0.5) is 5.95 Å². The molecule has 74 valence electrons. The molecule has 0 aromatic carbocycles. The Morgan fingerprint density at radius 2 is 2.07 bits per heavy atom. The highest BCUT2D eigenvalue weighted by Gasteiger charge is 2.02. The summed E-state index contributed by atoms with van der Waals surface area (Å²) in [6.07, 6.45) is 4.59. The lowest BCUT2D eigenvalue weighted by molar-refractivity contribution is -0.111. The van der Waals surface area contributed by atoms with Gasteiger partial charge in [0.1, 0.15) is 0 Å². The average molecular weight is 191 g/mol. The van der Waals surface area contributed by atoms with Gasteiger partial charge in [-0.05, 0) is 17.6 Å². The van der Waals surface area contributed by atoms with E-state index in [9.17, 15) is 4.79 Å². The highest BCUT2D eigenvalue weighted by molar-refractivity contribution is 5.97. The van der Waals surface area contributed by atoms with Crippen molar-refractivity contribution in [3.63, 3.8) is 0 Å². The molecule has 0 aliphatic rings. The number of nitrogens with one attached hydrogen (secondary N) is 1. The van der Waals surface area contributed by atoms with Crippen LogP contribution in [0.1, 0.15) is 25.3 Å². The second-order valence-corrected chi connectivity index (χ2v) is 3.19. The van der Waals surface area contributed by atoms with E-state index in [1.54, 1.807) is 12.4 Å². The molecule has 0 unspecified atom stereocenters. The number of amides is 1. The number of anilines is 1. The third-order valence-electron chi connectivity index (χ3n) is 1.76. The van der Waals surface area contributed by atoms with Crippen molar-refractivity contribution in [2.45, 2.75) is 19.8 Å². The summed E-state index contributed by atoms with van der Waals surface area (Å²) in [4.78, 5) is 18.9. The Morgan fingerprint density at radius 3 is 2.50 bits per heavy atom. The van der Waals surface area contributed by atoms with E-state index in [2.05, 4.69) is 35.7 Å². The maximum atomic E-state index is 10.9. The summed E-state index contributed by atoms with van der Waals surface area (Å²) in [6.45, 7) is 7.45. The summed E-state index contributed by atoms with van der Waals surface area (Å²) in [5.41, 5.74) is 1.04. The number of carbonyl (C=O) groups excluding carboxylic acids is 1. The minimum atomic E-state index is -0.303. The van der Waals surface area contributed by atoms with E-state index in [0.717, 1.165) is 5.56 Å². The van der Waals surface area contributed by atoms with E-state index >= 15 is 0 Å². The van der Waals surface area contributed by atoms with Crippen molar-refractivity contribution >= 4 is 11.9 Å². The van der Waals surface area contributed by atoms with Gasteiger partial charge in [-0.15, -0.1) is 0 Å². The van der Waals surface area contributed by atoms with E-state index in [4.69, 9.17) is 0 Å². The molecule has 0 aliphatic carbocycles. The van der Waals surface area contributed by atoms with Crippen LogP contribution in [0.2, 0.25) is 0 Å². The molecule has 4 nitrogen and oxygen atoms in total. The van der Waals surface area contributed by atoms with E-state index in [1.165, 1.54) is 6.08 Å². The first-order chi connectivity index (χ1) is 6.63. The number of hydrogen-bond acceptors (Lipinski definition) is 3. The van der Waals surface area contributed by atoms with Gasteiger partial charge in [0.2, 0.25) is 11.9 Å². The van der Waals surface area contributed by atoms with Gasteiger partial charge in [0.25, 0.3) is 0 Å². The van der Waals surface area contributed by atoms with Gasteiger partial charge in [0.15, 0.2) is 0 Å². The van der Waals surface area contributed by atoms with E-state index < -0.39 is 0 Å². The standard InChI is InChI=1S/C10H13N3O/c1-4-9(14)13-10-11-5-8(6-12-10)7(2)3/h4-7H,1H2,2-3H3,(H,11,12,13,14). The van der Waals surface area contributed by atoms with Gasteiger partial charge in [-0.25, -0.2) is 9.97 Å². The van der Waals surface area contributed by atoms with Crippen LogP contribution < -0.4 is 5.32 Å². The van der Waals surface area contributed by atoms with Crippen LogP contribution >= 0.6 is 0 Å². The quantitative estimate of drug-likeness (QED) is 0.740. The number of nitrogens with zero attached hydrogens (tertiary/aromatic N) is 2. The molecule has 1 aromatic heterocycles. The Bertz CT molecular complexity index is 330. The zero-order valence-corrected chi connectivity index (χ0v) is 8.32. The SMILES string of the molecule is C=CC(=O)Nc1ncc(C(C)C)cn1. The molecule has 1 rings (SSSR count). The summed E-state index contributed by atoms with van der Waals surface area (Å²) in [5, 5.41) is 2.48. The van der Waals surface area contributed by atoms with Crippen LogP contribution in [0.5, 0.6) is 0 Å². The van der Waals surface area contributed by atoms with Crippen molar-refractivity contribution in [3.05, 3.63) is 30.6 Å². The third-order valence-corrected chi connectivity index (χ3v) is 1.76. The van der Waals surface area contributed by atoms with E-state index in [1.807, 2.05) is 0 Å². The minimum Gasteiger partial charge on any atom is -0.291 e. The smallest absolute Gasteiger partial charge is 0.250 e. The zero-order valence-electron chi connectivity index (χ0n) is 8.32. The lowest BCUT2D eigenvalue weighted by Gasteiger charge is -2.04. The van der Waals surface area contributed by atoms with Crippen molar-refractivity contribution in [2.75, 3.05) is 5.32 Å². The lowest BCUT2D eigenvalue weighted by Crippen LogP contribution is -2.10. The maximum absolute atomic E-state index is 10.9. The predicted molar refractivity (Wildman–Crippen MR) is 54.9 cm³/mol. The Balaban J connectivity index is 2.73. The van der Waals surface area contributed by atoms with Crippen LogP contribution in [0.25, 0.3) is 0 Å². The lowest BCUT2D eigenvalue weighted by atomic mass is 10.1. The van der Waals surface area contributed by atoms with Gasteiger partial charge < -0.3 is 0 Å². The number of rotatable bonds is 3. The van der Waals surface area contributed by atoms with E-state index in [-0.39, 0.29) is 5.91 Å². The molecule has 0 spiro atoms. The van der Waals surface area contributed by atoms with Crippen molar-refractivity contribution in [1.29, 1.82) is 0 Å². The highest BCUT2D eigenvalue weighted by Crippen LogP contribution is 2.11. The fourth-order valence-corrected chi connectivity index (χ4v) is 0.862. The Morgan fingerprint density at radius 1 is 1.50 bits per heavy atom. The molecule has 0 radical (unpaired) electrons. The Labute approximate surface area is 83.1 Å². The Kier molecular flexibility index (Phi) is 3.34. The van der Waals surface area contributed by atoms with Gasteiger partial charge in [-0.3, -0.25) is 10.1 Å². The van der Waals surface area contributed by atoms with Gasteiger partial charge >= 0.3 is 0 Å². The third kappa shape index (κ3) is 2.65. The van der Waals surface area contributed by atoms with Crippen LogP contribution in [0, 0.1) is 0 Å². The summed E-state index contributed by atoms with van der Waals surface area (Å²) < 4.78 is 0. The highest BCUT2D eigenvalue weighted by atomic mass is 16.1. The molecular weight excluding hydrogens is 178 g/mol.